The van der Waals surface area contributed by atoms with Crippen molar-refractivity contribution in [3.63, 3.8) is 0 Å². The highest BCUT2D eigenvalue weighted by Gasteiger charge is 2.45. The van der Waals surface area contributed by atoms with Crippen LogP contribution in [-0.4, -0.2) is 54.7 Å². The molecule has 0 radical (unpaired) electrons. The third-order valence-corrected chi connectivity index (χ3v) is 2.31. The highest BCUT2D eigenvalue weighted by molar-refractivity contribution is 5.78. The highest BCUT2D eigenvalue weighted by atomic mass is 19.4. The molecule has 0 bridgehead atoms. The van der Waals surface area contributed by atoms with Crippen molar-refractivity contribution in [2.75, 3.05) is 26.7 Å². The molecule has 0 spiro atoms. The Hall–Kier alpha value is -1.31. The molecular weight excluding hydrogens is 265 g/mol. The van der Waals surface area contributed by atoms with Gasteiger partial charge < -0.3 is 10.4 Å². The van der Waals surface area contributed by atoms with Crippen molar-refractivity contribution in [3.05, 3.63) is 0 Å². The number of hydrogen-bond acceptors (Lipinski definition) is 3. The molecule has 0 rings (SSSR count). The van der Waals surface area contributed by atoms with E-state index in [4.69, 9.17) is 5.11 Å². The van der Waals surface area contributed by atoms with Crippen LogP contribution in [0.3, 0.4) is 0 Å². The van der Waals surface area contributed by atoms with Gasteiger partial charge in [-0.15, -0.1) is 0 Å². The number of nitrogens with zero attached hydrogens (tertiary/aromatic N) is 1. The summed E-state index contributed by atoms with van der Waals surface area (Å²) in [6.07, 6.45) is -4.82. The van der Waals surface area contributed by atoms with Gasteiger partial charge in [0, 0.05) is 13.1 Å². The highest BCUT2D eigenvalue weighted by Crippen LogP contribution is 2.26. The summed E-state index contributed by atoms with van der Waals surface area (Å²) in [5.41, 5.74) is 0. The zero-order valence-electron chi connectivity index (χ0n) is 11.1. The summed E-state index contributed by atoms with van der Waals surface area (Å²) in [6, 6.07) is 0. The summed E-state index contributed by atoms with van der Waals surface area (Å²) in [5.74, 6) is -4.63. The SMILES string of the molecule is CC(C)CNC(=O)CN(C)CC(C(=O)O)C(F)(F)F. The lowest BCUT2D eigenvalue weighted by Crippen LogP contribution is -2.43. The van der Waals surface area contributed by atoms with Crippen molar-refractivity contribution in [2.45, 2.75) is 20.0 Å². The number of aliphatic carboxylic acids is 1. The lowest BCUT2D eigenvalue weighted by molar-refractivity contribution is -0.196. The van der Waals surface area contributed by atoms with E-state index >= 15 is 0 Å². The molecule has 0 aliphatic heterocycles. The number of halogens is 3. The number of amides is 1. The zero-order chi connectivity index (χ0) is 15.2. The van der Waals surface area contributed by atoms with Gasteiger partial charge >= 0.3 is 12.1 Å². The molecule has 19 heavy (non-hydrogen) atoms. The van der Waals surface area contributed by atoms with E-state index in [1.54, 1.807) is 0 Å². The molecule has 0 saturated carbocycles. The molecule has 2 N–H and O–H groups in total. The van der Waals surface area contributed by atoms with Crippen molar-refractivity contribution >= 4 is 11.9 Å². The Morgan fingerprint density at radius 3 is 2.21 bits per heavy atom. The molecule has 0 aromatic heterocycles. The average Bonchev–Trinajstić information content (AvgIpc) is 2.21. The van der Waals surface area contributed by atoms with Crippen LogP contribution in [0.4, 0.5) is 13.2 Å². The van der Waals surface area contributed by atoms with Crippen molar-refractivity contribution in [2.24, 2.45) is 11.8 Å². The summed E-state index contributed by atoms with van der Waals surface area (Å²) < 4.78 is 37.2. The topological polar surface area (TPSA) is 69.6 Å². The van der Waals surface area contributed by atoms with Crippen LogP contribution >= 0.6 is 0 Å². The molecule has 0 aromatic rings. The van der Waals surface area contributed by atoms with Crippen LogP contribution in [0.5, 0.6) is 0 Å². The second-order valence-corrected chi connectivity index (χ2v) is 4.83. The third kappa shape index (κ3) is 7.66. The summed E-state index contributed by atoms with van der Waals surface area (Å²) in [4.78, 5) is 23.0. The minimum atomic E-state index is -4.82. The molecule has 1 unspecified atom stereocenters. The third-order valence-electron chi connectivity index (χ3n) is 2.31. The molecule has 0 saturated heterocycles. The van der Waals surface area contributed by atoms with E-state index in [0.717, 1.165) is 4.90 Å². The van der Waals surface area contributed by atoms with Gasteiger partial charge in [-0.3, -0.25) is 14.5 Å². The van der Waals surface area contributed by atoms with Gasteiger partial charge in [0.05, 0.1) is 6.54 Å². The zero-order valence-corrected chi connectivity index (χ0v) is 11.1. The second-order valence-electron chi connectivity index (χ2n) is 4.83. The smallest absolute Gasteiger partial charge is 0.403 e. The Morgan fingerprint density at radius 2 is 1.84 bits per heavy atom. The molecule has 1 amide bonds. The van der Waals surface area contributed by atoms with Gasteiger partial charge in [0.1, 0.15) is 0 Å². The number of carboxylic acid groups (broad SMARTS) is 1. The van der Waals surface area contributed by atoms with Crippen LogP contribution in [0.15, 0.2) is 0 Å². The monoisotopic (exact) mass is 284 g/mol. The standard InChI is InChI=1S/C11H19F3N2O3/c1-7(2)4-15-9(17)6-16(3)5-8(10(18)19)11(12,13)14/h7-8H,4-6H2,1-3H3,(H,15,17)(H,18,19). The molecule has 5 nitrogen and oxygen atoms in total. The van der Waals surface area contributed by atoms with Crippen LogP contribution in [0.1, 0.15) is 13.8 Å². The van der Waals surface area contributed by atoms with Gasteiger partial charge in [-0.05, 0) is 13.0 Å². The van der Waals surface area contributed by atoms with E-state index < -0.39 is 30.5 Å². The molecule has 0 fully saturated rings. The molecule has 0 heterocycles. The van der Waals surface area contributed by atoms with Gasteiger partial charge in [-0.2, -0.15) is 13.2 Å². The van der Waals surface area contributed by atoms with Crippen molar-refractivity contribution in [3.8, 4) is 0 Å². The molecular formula is C11H19F3N2O3. The van der Waals surface area contributed by atoms with E-state index in [2.05, 4.69) is 5.32 Å². The first-order valence-electron chi connectivity index (χ1n) is 5.78. The Morgan fingerprint density at radius 1 is 1.32 bits per heavy atom. The number of carbonyl (C=O) groups excluding carboxylic acids is 1. The first-order chi connectivity index (χ1) is 8.54. The normalized spacial score (nSPS) is 13.7. The van der Waals surface area contributed by atoms with Crippen molar-refractivity contribution in [1.29, 1.82) is 0 Å². The quantitative estimate of drug-likeness (QED) is 0.730. The number of hydrogen-bond donors (Lipinski definition) is 2. The molecule has 0 aliphatic rings. The molecule has 0 aromatic carbocycles. The number of rotatable bonds is 7. The van der Waals surface area contributed by atoms with E-state index in [1.807, 2.05) is 13.8 Å². The Bertz CT molecular complexity index is 319. The minimum Gasteiger partial charge on any atom is -0.481 e. The Kier molecular flexibility index (Phi) is 6.82. The van der Waals surface area contributed by atoms with Crippen LogP contribution < -0.4 is 5.32 Å². The number of carbonyl (C=O) groups is 2. The van der Waals surface area contributed by atoms with E-state index in [-0.39, 0.29) is 12.5 Å². The fourth-order valence-corrected chi connectivity index (χ4v) is 1.32. The Labute approximate surface area is 109 Å². The van der Waals surface area contributed by atoms with Gasteiger partial charge in [-0.25, -0.2) is 0 Å². The second kappa shape index (κ2) is 7.32. The van der Waals surface area contributed by atoms with Crippen LogP contribution in [0.25, 0.3) is 0 Å². The van der Waals surface area contributed by atoms with E-state index in [9.17, 15) is 22.8 Å². The number of alkyl halides is 3. The number of likely N-dealkylation sites (N-methyl/N-ethyl adjacent to an activating group) is 1. The fourth-order valence-electron chi connectivity index (χ4n) is 1.32. The molecule has 112 valence electrons. The van der Waals surface area contributed by atoms with Crippen molar-refractivity contribution in [1.82, 2.24) is 10.2 Å². The molecule has 1 atom stereocenters. The maximum Gasteiger partial charge on any atom is 0.403 e. The summed E-state index contributed by atoms with van der Waals surface area (Å²) >= 11 is 0. The first-order valence-corrected chi connectivity index (χ1v) is 5.78. The van der Waals surface area contributed by atoms with Crippen LogP contribution in [-0.2, 0) is 9.59 Å². The maximum atomic E-state index is 12.4. The summed E-state index contributed by atoms with van der Waals surface area (Å²) in [5, 5.41) is 11.1. The number of carboxylic acids is 1. The average molecular weight is 284 g/mol. The lowest BCUT2D eigenvalue weighted by atomic mass is 10.1. The predicted octanol–water partition coefficient (Wildman–Crippen LogP) is 0.953. The number of nitrogens with one attached hydrogen (secondary N) is 1. The largest absolute Gasteiger partial charge is 0.481 e. The van der Waals surface area contributed by atoms with Gasteiger partial charge in [0.25, 0.3) is 0 Å². The predicted molar refractivity (Wildman–Crippen MR) is 62.5 cm³/mol. The first kappa shape index (κ1) is 17.7. The van der Waals surface area contributed by atoms with Crippen LogP contribution in [0, 0.1) is 11.8 Å². The fraction of sp³-hybridized carbons (Fsp3) is 0.818. The summed E-state index contributed by atoms with van der Waals surface area (Å²) in [7, 11) is 1.27. The lowest BCUT2D eigenvalue weighted by Gasteiger charge is -2.22. The summed E-state index contributed by atoms with van der Waals surface area (Å²) in [6.45, 7) is 3.16. The van der Waals surface area contributed by atoms with Gasteiger partial charge in [-0.1, -0.05) is 13.8 Å². The van der Waals surface area contributed by atoms with Gasteiger partial charge in [0.15, 0.2) is 5.92 Å². The van der Waals surface area contributed by atoms with E-state index in [0.29, 0.717) is 6.54 Å². The van der Waals surface area contributed by atoms with Crippen LogP contribution in [0.2, 0.25) is 0 Å². The molecule has 8 heteroatoms. The Balaban J connectivity index is 4.31. The van der Waals surface area contributed by atoms with Crippen molar-refractivity contribution < 1.29 is 27.9 Å². The molecule has 0 aliphatic carbocycles. The van der Waals surface area contributed by atoms with Gasteiger partial charge in [0.2, 0.25) is 5.91 Å². The maximum absolute atomic E-state index is 12.4. The van der Waals surface area contributed by atoms with E-state index in [1.165, 1.54) is 7.05 Å². The minimum absolute atomic E-state index is 0.233.